The lowest BCUT2D eigenvalue weighted by Gasteiger charge is -2.23. The first-order valence-electron chi connectivity index (χ1n) is 11.4. The molecule has 0 bridgehead atoms. The van der Waals surface area contributed by atoms with Crippen molar-refractivity contribution in [1.82, 2.24) is 24.9 Å². The number of hydrogen-bond acceptors (Lipinski definition) is 9. The molecule has 0 aliphatic rings. The lowest BCUT2D eigenvalue weighted by Crippen LogP contribution is -2.20. The van der Waals surface area contributed by atoms with Crippen LogP contribution in [0.4, 0.5) is 17.7 Å². The molecule has 0 saturated carbocycles. The van der Waals surface area contributed by atoms with Crippen LogP contribution in [0.5, 0.6) is 6.01 Å². The van der Waals surface area contributed by atoms with Crippen molar-refractivity contribution >= 4 is 17.7 Å². The fourth-order valence-corrected chi connectivity index (χ4v) is 3.88. The molecule has 0 unspecified atom stereocenters. The number of nitrogens with two attached hydrogens (primary N) is 2. The average Bonchev–Trinajstić information content (AvgIpc) is 2.88. The Hall–Kier alpha value is -4.11. The van der Waals surface area contributed by atoms with Crippen molar-refractivity contribution in [3.63, 3.8) is 0 Å². The summed E-state index contributed by atoms with van der Waals surface area (Å²) in [6, 6.07) is 18.2. The van der Waals surface area contributed by atoms with E-state index in [9.17, 15) is 0 Å². The van der Waals surface area contributed by atoms with Crippen molar-refractivity contribution in [2.75, 3.05) is 24.8 Å². The third-order valence-electron chi connectivity index (χ3n) is 5.80. The van der Waals surface area contributed by atoms with Crippen LogP contribution in [0.15, 0.2) is 60.8 Å². The van der Waals surface area contributed by atoms with Crippen molar-refractivity contribution in [3.05, 3.63) is 77.5 Å². The van der Waals surface area contributed by atoms with Gasteiger partial charge in [0.2, 0.25) is 11.9 Å². The maximum atomic E-state index is 6.08. The van der Waals surface area contributed by atoms with Crippen LogP contribution in [0.25, 0.3) is 11.4 Å². The molecule has 4 aromatic rings. The minimum atomic E-state index is -0.0237. The molecular weight excluding hydrogens is 440 g/mol. The second kappa shape index (κ2) is 10.4. The van der Waals surface area contributed by atoms with Crippen molar-refractivity contribution in [3.8, 4) is 17.4 Å². The lowest BCUT2D eigenvalue weighted by molar-refractivity contribution is 0.379. The molecule has 4 rings (SSSR count). The largest absolute Gasteiger partial charge is 0.467 e. The van der Waals surface area contributed by atoms with Gasteiger partial charge in [0.25, 0.3) is 0 Å². The third kappa shape index (κ3) is 5.52. The van der Waals surface area contributed by atoms with E-state index in [0.717, 1.165) is 23.1 Å². The Kier molecular flexibility index (Phi) is 7.17. The Morgan fingerprint density at radius 3 is 2.46 bits per heavy atom. The fourth-order valence-electron chi connectivity index (χ4n) is 3.88. The maximum absolute atomic E-state index is 6.08. The monoisotopic (exact) mass is 470 g/mol. The second-order valence-electron chi connectivity index (χ2n) is 8.52. The van der Waals surface area contributed by atoms with Crippen molar-refractivity contribution in [2.24, 2.45) is 5.73 Å². The van der Waals surface area contributed by atoms with Gasteiger partial charge in [-0.1, -0.05) is 61.5 Å². The topological polar surface area (TPSA) is 129 Å². The van der Waals surface area contributed by atoms with Gasteiger partial charge in [-0.15, -0.1) is 0 Å². The Bertz CT molecular complexity index is 1300. The van der Waals surface area contributed by atoms with E-state index in [1.807, 2.05) is 56.4 Å². The number of methoxy groups -OCH3 is 1. The Labute approximate surface area is 205 Å². The molecule has 9 nitrogen and oxygen atoms in total. The lowest BCUT2D eigenvalue weighted by atomic mass is 9.93. The molecule has 0 amide bonds. The molecule has 0 fully saturated rings. The van der Waals surface area contributed by atoms with E-state index in [1.54, 1.807) is 11.1 Å². The molecule has 2 aromatic carbocycles. The Balaban J connectivity index is 1.70. The Morgan fingerprint density at radius 2 is 1.74 bits per heavy atom. The molecule has 180 valence electrons. The van der Waals surface area contributed by atoms with Gasteiger partial charge < -0.3 is 16.2 Å². The summed E-state index contributed by atoms with van der Waals surface area (Å²) in [6.45, 7) is 4.12. The quantitative estimate of drug-likeness (QED) is 0.392. The fraction of sp³-hybridized carbons (Fsp3) is 0.269. The highest BCUT2D eigenvalue weighted by atomic mass is 16.5. The molecule has 0 saturated heterocycles. The van der Waals surface area contributed by atoms with Crippen molar-refractivity contribution < 1.29 is 4.74 Å². The van der Waals surface area contributed by atoms with Gasteiger partial charge in [-0.3, -0.25) is 4.90 Å². The molecule has 2 atom stereocenters. The van der Waals surface area contributed by atoms with Gasteiger partial charge in [-0.2, -0.15) is 19.9 Å². The van der Waals surface area contributed by atoms with E-state index in [4.69, 9.17) is 16.2 Å². The van der Waals surface area contributed by atoms with Crippen molar-refractivity contribution in [2.45, 2.75) is 32.2 Å². The third-order valence-corrected chi connectivity index (χ3v) is 5.80. The van der Waals surface area contributed by atoms with E-state index in [0.29, 0.717) is 17.6 Å². The number of benzene rings is 2. The summed E-state index contributed by atoms with van der Waals surface area (Å²) in [4.78, 5) is 24.2. The predicted octanol–water partition coefficient (Wildman–Crippen LogP) is 4.05. The van der Waals surface area contributed by atoms with Crippen LogP contribution < -0.4 is 21.1 Å². The highest BCUT2D eigenvalue weighted by Gasteiger charge is 2.21. The summed E-state index contributed by atoms with van der Waals surface area (Å²) in [5.41, 5.74) is 16.1. The van der Waals surface area contributed by atoms with Crippen LogP contribution in [0, 0.1) is 0 Å². The summed E-state index contributed by atoms with van der Waals surface area (Å²) in [7, 11) is 3.37. The van der Waals surface area contributed by atoms with Gasteiger partial charge in [0.1, 0.15) is 5.82 Å². The van der Waals surface area contributed by atoms with Gasteiger partial charge in [-0.25, -0.2) is 4.98 Å². The highest BCUT2D eigenvalue weighted by molar-refractivity contribution is 5.62. The van der Waals surface area contributed by atoms with E-state index < -0.39 is 0 Å². The number of anilines is 3. The van der Waals surface area contributed by atoms with Gasteiger partial charge in [0.05, 0.1) is 7.11 Å². The van der Waals surface area contributed by atoms with Crippen LogP contribution in [0.2, 0.25) is 0 Å². The minimum Gasteiger partial charge on any atom is -0.467 e. The van der Waals surface area contributed by atoms with Gasteiger partial charge >= 0.3 is 6.01 Å². The summed E-state index contributed by atoms with van der Waals surface area (Å²) in [5, 5.41) is 0. The van der Waals surface area contributed by atoms with Crippen LogP contribution in [-0.2, 0) is 6.42 Å². The molecule has 4 N–H and O–H groups in total. The maximum Gasteiger partial charge on any atom is 0.321 e. The smallest absolute Gasteiger partial charge is 0.321 e. The van der Waals surface area contributed by atoms with Crippen LogP contribution in [-0.4, -0.2) is 39.1 Å². The van der Waals surface area contributed by atoms with E-state index in [2.05, 4.69) is 44.0 Å². The highest BCUT2D eigenvalue weighted by Crippen LogP contribution is 2.32. The number of nitrogen functional groups attached to an aromatic ring is 1. The van der Waals surface area contributed by atoms with Gasteiger partial charge in [0.15, 0.2) is 5.82 Å². The summed E-state index contributed by atoms with van der Waals surface area (Å²) in [5.74, 6) is 1.78. The zero-order valence-electron chi connectivity index (χ0n) is 20.4. The zero-order chi connectivity index (χ0) is 24.9. The van der Waals surface area contributed by atoms with E-state index in [1.165, 1.54) is 12.7 Å². The number of rotatable bonds is 8. The molecule has 0 aliphatic carbocycles. The molecule has 0 aliphatic heterocycles. The van der Waals surface area contributed by atoms with Crippen LogP contribution in [0.1, 0.15) is 42.5 Å². The standard InChI is InChI=1S/C26H30N8O/c1-16(13-18-9-8-12-20(14-18)17(2)27)21-15-29-24(28)32-23(21)34(3)25-30-22(31-26(33-25)35-4)19-10-6-5-7-11-19/h5-12,14-17H,13,27H2,1-4H3,(H2,28,29,32)/t16-,17+/m0/s1. The summed E-state index contributed by atoms with van der Waals surface area (Å²) in [6.07, 6.45) is 2.55. The zero-order valence-corrected chi connectivity index (χ0v) is 20.4. The first kappa shape index (κ1) is 24.0. The molecule has 2 aromatic heterocycles. The Morgan fingerprint density at radius 1 is 0.971 bits per heavy atom. The summed E-state index contributed by atoms with van der Waals surface area (Å²) >= 11 is 0. The number of ether oxygens (including phenoxy) is 1. The summed E-state index contributed by atoms with van der Waals surface area (Å²) < 4.78 is 5.36. The SMILES string of the molecule is COc1nc(-c2ccccc2)nc(N(C)c2nc(N)ncc2[C@@H](C)Cc2cccc([C@@H](C)N)c2)n1. The van der Waals surface area contributed by atoms with E-state index >= 15 is 0 Å². The van der Waals surface area contributed by atoms with Gasteiger partial charge in [-0.05, 0) is 30.4 Å². The molecular formula is C26H30N8O. The first-order valence-corrected chi connectivity index (χ1v) is 11.4. The number of hydrogen-bond donors (Lipinski definition) is 2. The van der Waals surface area contributed by atoms with Crippen LogP contribution in [0.3, 0.4) is 0 Å². The molecule has 35 heavy (non-hydrogen) atoms. The average molecular weight is 471 g/mol. The molecule has 0 radical (unpaired) electrons. The molecule has 0 spiro atoms. The van der Waals surface area contributed by atoms with Crippen LogP contribution >= 0.6 is 0 Å². The first-order chi connectivity index (χ1) is 16.9. The number of aromatic nitrogens is 5. The second-order valence-corrected chi connectivity index (χ2v) is 8.52. The van der Waals surface area contributed by atoms with E-state index in [-0.39, 0.29) is 23.9 Å². The minimum absolute atomic E-state index is 0.0237. The molecule has 2 heterocycles. The number of nitrogens with zero attached hydrogens (tertiary/aromatic N) is 6. The predicted molar refractivity (Wildman–Crippen MR) is 137 cm³/mol. The molecule has 9 heteroatoms. The van der Waals surface area contributed by atoms with Crippen molar-refractivity contribution in [1.29, 1.82) is 0 Å². The van der Waals surface area contributed by atoms with Gasteiger partial charge in [0, 0.05) is 30.4 Å². The normalized spacial score (nSPS) is 12.7.